The number of carbonyl (C=O) groups is 3. The van der Waals surface area contributed by atoms with Crippen molar-refractivity contribution >= 4 is 74.8 Å². The minimum absolute atomic E-state index is 0.0844. The van der Waals surface area contributed by atoms with E-state index in [1.54, 1.807) is 67.6 Å². The molecule has 0 spiro atoms. The van der Waals surface area contributed by atoms with Crippen LogP contribution in [-0.2, 0) is 9.59 Å². The van der Waals surface area contributed by atoms with E-state index in [1.165, 1.54) is 4.68 Å². The molecule has 10 heteroatoms. The molecule has 0 radical (unpaired) electrons. The Labute approximate surface area is 215 Å². The lowest BCUT2D eigenvalue weighted by Crippen LogP contribution is -2.36. The average Bonchev–Trinajstić information content (AvgIpc) is 3.16. The molecule has 35 heavy (non-hydrogen) atoms. The monoisotopic (exact) mass is 528 g/mol. The second-order valence-electron chi connectivity index (χ2n) is 7.79. The summed E-state index contributed by atoms with van der Waals surface area (Å²) >= 11 is 18.4. The first-order chi connectivity index (χ1) is 16.6. The Morgan fingerprint density at radius 2 is 1.57 bits per heavy atom. The number of aryl methyl sites for hydroxylation is 1. The van der Waals surface area contributed by atoms with Gasteiger partial charge in [-0.1, -0.05) is 46.9 Å². The molecule has 0 unspecified atom stereocenters. The van der Waals surface area contributed by atoms with Gasteiger partial charge in [-0.15, -0.1) is 0 Å². The molecule has 7 nitrogen and oxygen atoms in total. The van der Waals surface area contributed by atoms with Gasteiger partial charge in [0.25, 0.3) is 5.91 Å². The maximum atomic E-state index is 13.2. The molecule has 178 valence electrons. The third-order valence-corrected chi connectivity index (χ3v) is 6.41. The van der Waals surface area contributed by atoms with Crippen LogP contribution in [0.3, 0.4) is 0 Å². The second kappa shape index (κ2) is 10.00. The third-order valence-electron chi connectivity index (χ3n) is 5.36. The molecule has 4 aromatic rings. The number of carbonyl (C=O) groups excluding carboxylic acids is 3. The first-order valence-corrected chi connectivity index (χ1v) is 11.5. The van der Waals surface area contributed by atoms with Gasteiger partial charge in [-0.05, 0) is 73.5 Å². The number of aromatic nitrogens is 1. The van der Waals surface area contributed by atoms with Crippen molar-refractivity contribution in [3.8, 4) is 0 Å². The Hall–Kier alpha value is -3.52. The van der Waals surface area contributed by atoms with Crippen molar-refractivity contribution in [2.75, 3.05) is 16.1 Å². The van der Waals surface area contributed by atoms with Crippen molar-refractivity contribution in [1.82, 2.24) is 4.68 Å². The summed E-state index contributed by atoms with van der Waals surface area (Å²) in [6.45, 7) is 3.60. The highest BCUT2D eigenvalue weighted by Gasteiger charge is 2.22. The van der Waals surface area contributed by atoms with E-state index in [9.17, 15) is 14.4 Å². The van der Waals surface area contributed by atoms with Gasteiger partial charge in [-0.25, -0.2) is 4.68 Å². The summed E-state index contributed by atoms with van der Waals surface area (Å²) in [5, 5.41) is 7.28. The van der Waals surface area contributed by atoms with E-state index in [1.807, 2.05) is 6.92 Å². The summed E-state index contributed by atoms with van der Waals surface area (Å²) in [7, 11) is 0. The van der Waals surface area contributed by atoms with Crippen molar-refractivity contribution in [1.29, 1.82) is 0 Å². The minimum Gasteiger partial charge on any atom is -0.320 e. The van der Waals surface area contributed by atoms with Crippen LogP contribution in [0.15, 0.2) is 60.7 Å². The molecular formula is C25H19Cl3N4O3. The van der Waals surface area contributed by atoms with E-state index in [0.29, 0.717) is 42.9 Å². The van der Waals surface area contributed by atoms with E-state index >= 15 is 0 Å². The molecule has 0 bridgehead atoms. The maximum absolute atomic E-state index is 13.2. The molecule has 3 amide bonds. The van der Waals surface area contributed by atoms with Crippen LogP contribution in [0, 0.1) is 13.8 Å². The molecule has 0 atom stereocenters. The normalized spacial score (nSPS) is 10.8. The van der Waals surface area contributed by atoms with Crippen LogP contribution in [0.4, 0.5) is 11.4 Å². The van der Waals surface area contributed by atoms with Crippen LogP contribution in [-0.4, -0.2) is 22.4 Å². The smallest absolute Gasteiger partial charge is 0.320 e. The Kier molecular flexibility index (Phi) is 7.03. The number of hydrogen-bond donors (Lipinski definition) is 3. The van der Waals surface area contributed by atoms with Crippen LogP contribution in [0.5, 0.6) is 0 Å². The van der Waals surface area contributed by atoms with Gasteiger partial charge < -0.3 is 10.6 Å². The number of hydrogen-bond acceptors (Lipinski definition) is 3. The molecule has 0 aliphatic carbocycles. The fraction of sp³-hybridized carbons (Fsp3) is 0.0800. The van der Waals surface area contributed by atoms with Gasteiger partial charge in [0.05, 0.1) is 5.52 Å². The molecule has 0 aliphatic rings. The lowest BCUT2D eigenvalue weighted by atomic mass is 10.2. The summed E-state index contributed by atoms with van der Waals surface area (Å²) in [5.41, 5.74) is 5.44. The highest BCUT2D eigenvalue weighted by molar-refractivity contribution is 6.42. The number of anilines is 2. The fourth-order valence-corrected chi connectivity index (χ4v) is 3.95. The summed E-state index contributed by atoms with van der Waals surface area (Å²) in [4.78, 5) is 38.5. The van der Waals surface area contributed by atoms with Crippen LogP contribution < -0.4 is 16.1 Å². The highest BCUT2D eigenvalue weighted by atomic mass is 35.5. The molecule has 4 rings (SSSR count). The Morgan fingerprint density at radius 1 is 0.800 bits per heavy atom. The van der Waals surface area contributed by atoms with Crippen molar-refractivity contribution < 1.29 is 14.4 Å². The van der Waals surface area contributed by atoms with Gasteiger partial charge in [0.2, 0.25) is 0 Å². The molecule has 3 N–H and O–H groups in total. The van der Waals surface area contributed by atoms with Gasteiger partial charge in [0.1, 0.15) is 5.69 Å². The maximum Gasteiger partial charge on any atom is 0.328 e. The predicted molar refractivity (Wildman–Crippen MR) is 140 cm³/mol. The quantitative estimate of drug-likeness (QED) is 0.276. The molecule has 0 saturated heterocycles. The molecule has 3 aromatic carbocycles. The Morgan fingerprint density at radius 3 is 2.31 bits per heavy atom. The summed E-state index contributed by atoms with van der Waals surface area (Å²) in [5.74, 6) is -2.44. The average molecular weight is 530 g/mol. The lowest BCUT2D eigenvalue weighted by Gasteiger charge is -2.14. The van der Waals surface area contributed by atoms with Crippen molar-refractivity contribution in [2.45, 2.75) is 13.8 Å². The number of nitrogens with zero attached hydrogens (tertiary/aromatic N) is 1. The first-order valence-electron chi connectivity index (χ1n) is 10.4. The molecule has 1 aromatic heterocycles. The van der Waals surface area contributed by atoms with Crippen LogP contribution in [0.1, 0.15) is 21.6 Å². The molecule has 0 aliphatic heterocycles. The molecular weight excluding hydrogens is 511 g/mol. The SMILES string of the molecule is Cc1ccc(NC(=O)C(=O)Nn2c(C(=O)Nc3cccc(Cl)c3C)cc3cc(Cl)ccc32)cc1Cl. The minimum atomic E-state index is -0.984. The largest absolute Gasteiger partial charge is 0.328 e. The highest BCUT2D eigenvalue weighted by Crippen LogP contribution is 2.26. The van der Waals surface area contributed by atoms with E-state index in [2.05, 4.69) is 16.1 Å². The van der Waals surface area contributed by atoms with E-state index in [-0.39, 0.29) is 5.69 Å². The van der Waals surface area contributed by atoms with Gasteiger partial charge in [0.15, 0.2) is 0 Å². The van der Waals surface area contributed by atoms with Crippen LogP contribution >= 0.6 is 34.8 Å². The first kappa shape index (κ1) is 24.6. The van der Waals surface area contributed by atoms with Gasteiger partial charge >= 0.3 is 11.8 Å². The number of amides is 3. The van der Waals surface area contributed by atoms with E-state index < -0.39 is 17.7 Å². The zero-order chi connectivity index (χ0) is 25.3. The number of benzene rings is 3. The number of fused-ring (bicyclic) bond motifs is 1. The number of halogens is 3. The number of rotatable bonds is 4. The summed E-state index contributed by atoms with van der Waals surface area (Å²) in [6.07, 6.45) is 0. The lowest BCUT2D eigenvalue weighted by molar-refractivity contribution is -0.133. The van der Waals surface area contributed by atoms with Crippen LogP contribution in [0.2, 0.25) is 15.1 Å². The summed E-state index contributed by atoms with van der Waals surface area (Å²) < 4.78 is 1.24. The Bertz CT molecular complexity index is 1500. The van der Waals surface area contributed by atoms with Crippen molar-refractivity contribution in [2.24, 2.45) is 0 Å². The molecule has 0 fully saturated rings. The number of nitrogens with one attached hydrogen (secondary N) is 3. The molecule has 0 saturated carbocycles. The Balaban J connectivity index is 1.64. The van der Waals surface area contributed by atoms with Gasteiger partial charge in [-0.3, -0.25) is 19.8 Å². The fourth-order valence-electron chi connectivity index (χ4n) is 3.41. The zero-order valence-electron chi connectivity index (χ0n) is 18.6. The topological polar surface area (TPSA) is 92.2 Å². The predicted octanol–water partition coefficient (Wildman–Crippen LogP) is 6.18. The standard InChI is InChI=1S/C25H19Cl3N4O3/c1-13-6-8-17(12-19(13)28)29-24(34)25(35)31-32-21-9-7-16(26)10-15(21)11-22(32)23(33)30-20-5-3-4-18(27)14(20)2/h3-12H,1-2H3,(H,29,34)(H,30,33)(H,31,35). The van der Waals surface area contributed by atoms with Crippen molar-refractivity contribution in [3.63, 3.8) is 0 Å². The van der Waals surface area contributed by atoms with E-state index in [0.717, 1.165) is 5.56 Å². The third kappa shape index (κ3) is 5.27. The second-order valence-corrected chi connectivity index (χ2v) is 9.04. The van der Waals surface area contributed by atoms with Crippen molar-refractivity contribution in [3.05, 3.63) is 92.6 Å². The zero-order valence-corrected chi connectivity index (χ0v) is 20.8. The summed E-state index contributed by atoms with van der Waals surface area (Å²) in [6, 6.07) is 16.5. The van der Waals surface area contributed by atoms with Gasteiger partial charge in [-0.2, -0.15) is 0 Å². The van der Waals surface area contributed by atoms with Crippen LogP contribution in [0.25, 0.3) is 10.9 Å². The molecule has 1 heterocycles. The van der Waals surface area contributed by atoms with Gasteiger partial charge in [0, 0.05) is 31.8 Å². The van der Waals surface area contributed by atoms with E-state index in [4.69, 9.17) is 34.8 Å².